The van der Waals surface area contributed by atoms with Gasteiger partial charge in [-0.25, -0.2) is 0 Å². The van der Waals surface area contributed by atoms with Crippen molar-refractivity contribution in [3.8, 4) is 5.75 Å². The van der Waals surface area contributed by atoms with Gasteiger partial charge in [-0.3, -0.25) is 9.59 Å². The minimum absolute atomic E-state index is 0.0129. The lowest BCUT2D eigenvalue weighted by Gasteiger charge is -2.16. The van der Waals surface area contributed by atoms with Crippen molar-refractivity contribution in [2.75, 3.05) is 5.32 Å². The molecular weight excluding hydrogens is 352 g/mol. The van der Waals surface area contributed by atoms with Crippen LogP contribution in [-0.4, -0.2) is 24.0 Å². The number of rotatable bonds is 6. The van der Waals surface area contributed by atoms with Gasteiger partial charge in [0, 0.05) is 11.6 Å². The molecule has 2 aromatic carbocycles. The summed E-state index contributed by atoms with van der Waals surface area (Å²) in [6, 6.07) is 12.2. The van der Waals surface area contributed by atoms with Crippen LogP contribution in [0.2, 0.25) is 5.02 Å². The number of nitrogens with one attached hydrogen (secondary N) is 2. The molecule has 0 aliphatic carbocycles. The summed E-state index contributed by atoms with van der Waals surface area (Å²) in [7, 11) is 0. The van der Waals surface area contributed by atoms with Crippen LogP contribution in [-0.2, 0) is 4.79 Å². The first-order valence-electron chi connectivity index (χ1n) is 8.41. The molecule has 0 bridgehead atoms. The van der Waals surface area contributed by atoms with Gasteiger partial charge in [-0.1, -0.05) is 23.7 Å². The van der Waals surface area contributed by atoms with Crippen LogP contribution >= 0.6 is 11.6 Å². The maximum absolute atomic E-state index is 12.4. The summed E-state index contributed by atoms with van der Waals surface area (Å²) >= 11 is 6.15. The van der Waals surface area contributed by atoms with Gasteiger partial charge in [-0.15, -0.1) is 0 Å². The van der Waals surface area contributed by atoms with E-state index in [-0.39, 0.29) is 17.9 Å². The van der Waals surface area contributed by atoms with Crippen LogP contribution in [0.3, 0.4) is 0 Å². The molecule has 0 fully saturated rings. The van der Waals surface area contributed by atoms with Gasteiger partial charge >= 0.3 is 0 Å². The van der Waals surface area contributed by atoms with Crippen molar-refractivity contribution in [1.29, 1.82) is 0 Å². The standard InChI is InChI=1S/C20H23ClN2O3/c1-12(2)22-20(25)15-8-9-17(21)18(11-15)23-19(24)14(4)26-16-7-5-6-13(3)10-16/h5-12,14H,1-4H3,(H,22,25)(H,23,24). The third-order valence-corrected chi connectivity index (χ3v) is 3.91. The number of amides is 2. The van der Waals surface area contributed by atoms with Crippen LogP contribution in [0.15, 0.2) is 42.5 Å². The number of halogens is 1. The van der Waals surface area contributed by atoms with Crippen molar-refractivity contribution < 1.29 is 14.3 Å². The molecular formula is C20H23ClN2O3. The number of aryl methyl sites for hydroxylation is 1. The highest BCUT2D eigenvalue weighted by Crippen LogP contribution is 2.24. The molecule has 2 N–H and O–H groups in total. The smallest absolute Gasteiger partial charge is 0.265 e. The summed E-state index contributed by atoms with van der Waals surface area (Å²) in [6.45, 7) is 7.35. The van der Waals surface area contributed by atoms with Crippen molar-refractivity contribution in [2.45, 2.75) is 39.8 Å². The molecule has 0 saturated carbocycles. The Morgan fingerprint density at radius 1 is 1.08 bits per heavy atom. The average Bonchev–Trinajstić information content (AvgIpc) is 2.56. The topological polar surface area (TPSA) is 67.4 Å². The molecule has 0 aromatic heterocycles. The van der Waals surface area contributed by atoms with Crippen LogP contribution < -0.4 is 15.4 Å². The molecule has 6 heteroatoms. The maximum Gasteiger partial charge on any atom is 0.265 e. The largest absolute Gasteiger partial charge is 0.481 e. The fourth-order valence-corrected chi connectivity index (χ4v) is 2.45. The molecule has 0 aliphatic rings. The lowest BCUT2D eigenvalue weighted by Crippen LogP contribution is -2.31. The zero-order valence-corrected chi connectivity index (χ0v) is 16.1. The zero-order valence-electron chi connectivity index (χ0n) is 15.3. The molecule has 0 saturated heterocycles. The molecule has 1 unspecified atom stereocenters. The maximum atomic E-state index is 12.4. The lowest BCUT2D eigenvalue weighted by molar-refractivity contribution is -0.122. The number of carbonyl (C=O) groups excluding carboxylic acids is 2. The summed E-state index contributed by atoms with van der Waals surface area (Å²) in [4.78, 5) is 24.5. The van der Waals surface area contributed by atoms with Gasteiger partial charge in [0.25, 0.3) is 11.8 Å². The molecule has 138 valence electrons. The Hall–Kier alpha value is -2.53. The molecule has 0 aliphatic heterocycles. The number of anilines is 1. The monoisotopic (exact) mass is 374 g/mol. The van der Waals surface area contributed by atoms with Gasteiger partial charge in [0.1, 0.15) is 5.75 Å². The molecule has 1 atom stereocenters. The number of benzene rings is 2. The fraction of sp³-hybridized carbons (Fsp3) is 0.300. The highest BCUT2D eigenvalue weighted by molar-refractivity contribution is 6.34. The number of ether oxygens (including phenoxy) is 1. The fourth-order valence-electron chi connectivity index (χ4n) is 2.29. The Bertz CT molecular complexity index is 805. The second-order valence-corrected chi connectivity index (χ2v) is 6.80. The second-order valence-electron chi connectivity index (χ2n) is 6.39. The van der Waals surface area contributed by atoms with Crippen molar-refractivity contribution in [2.24, 2.45) is 0 Å². The highest BCUT2D eigenvalue weighted by Gasteiger charge is 2.17. The van der Waals surface area contributed by atoms with E-state index in [4.69, 9.17) is 16.3 Å². The van der Waals surface area contributed by atoms with Crippen LogP contribution in [0.4, 0.5) is 5.69 Å². The quantitative estimate of drug-likeness (QED) is 0.796. The molecule has 26 heavy (non-hydrogen) atoms. The predicted octanol–water partition coefficient (Wildman–Crippen LogP) is 4.19. The van der Waals surface area contributed by atoms with Crippen LogP contribution in [0.1, 0.15) is 36.7 Å². The second kappa shape index (κ2) is 8.72. The van der Waals surface area contributed by atoms with Crippen LogP contribution in [0.25, 0.3) is 0 Å². The number of hydrogen-bond acceptors (Lipinski definition) is 3. The lowest BCUT2D eigenvalue weighted by atomic mass is 10.1. The first kappa shape index (κ1) is 19.8. The van der Waals surface area contributed by atoms with E-state index in [0.717, 1.165) is 5.56 Å². The number of hydrogen-bond donors (Lipinski definition) is 2. The van der Waals surface area contributed by atoms with Crippen molar-refractivity contribution in [3.63, 3.8) is 0 Å². The highest BCUT2D eigenvalue weighted by atomic mass is 35.5. The average molecular weight is 375 g/mol. The summed E-state index contributed by atoms with van der Waals surface area (Å²) in [5, 5.41) is 5.87. The molecule has 5 nitrogen and oxygen atoms in total. The minimum atomic E-state index is -0.721. The van der Waals surface area contributed by atoms with Crippen molar-refractivity contribution >= 4 is 29.1 Å². The minimum Gasteiger partial charge on any atom is -0.481 e. The van der Waals surface area contributed by atoms with E-state index >= 15 is 0 Å². The van der Waals surface area contributed by atoms with E-state index in [1.807, 2.05) is 39.0 Å². The van der Waals surface area contributed by atoms with Gasteiger partial charge in [0.2, 0.25) is 0 Å². The Kier molecular flexibility index (Phi) is 6.64. The van der Waals surface area contributed by atoms with Crippen LogP contribution in [0.5, 0.6) is 5.75 Å². The van der Waals surface area contributed by atoms with E-state index in [9.17, 15) is 9.59 Å². The molecule has 0 radical (unpaired) electrons. The van der Waals surface area contributed by atoms with E-state index in [1.165, 1.54) is 0 Å². The molecule has 0 heterocycles. The molecule has 2 rings (SSSR count). The molecule has 0 spiro atoms. The number of carbonyl (C=O) groups is 2. The summed E-state index contributed by atoms with van der Waals surface area (Å²) in [6.07, 6.45) is -0.721. The first-order chi connectivity index (χ1) is 12.3. The van der Waals surface area contributed by atoms with Gasteiger partial charge in [-0.05, 0) is 63.6 Å². The van der Waals surface area contributed by atoms with Gasteiger partial charge < -0.3 is 15.4 Å². The Morgan fingerprint density at radius 2 is 1.81 bits per heavy atom. The zero-order chi connectivity index (χ0) is 19.3. The van der Waals surface area contributed by atoms with Gasteiger partial charge in [0.15, 0.2) is 6.10 Å². The Labute approximate surface area is 158 Å². The predicted molar refractivity (Wildman–Crippen MR) is 104 cm³/mol. The van der Waals surface area contributed by atoms with E-state index in [2.05, 4.69) is 10.6 Å². The summed E-state index contributed by atoms with van der Waals surface area (Å²) in [5.74, 6) is 0.0369. The van der Waals surface area contributed by atoms with Crippen molar-refractivity contribution in [3.05, 3.63) is 58.6 Å². The molecule has 2 amide bonds. The van der Waals surface area contributed by atoms with E-state index in [0.29, 0.717) is 22.0 Å². The van der Waals surface area contributed by atoms with Gasteiger partial charge in [-0.2, -0.15) is 0 Å². The summed E-state index contributed by atoms with van der Waals surface area (Å²) in [5.41, 5.74) is 1.83. The third kappa shape index (κ3) is 5.49. The van der Waals surface area contributed by atoms with Crippen LogP contribution in [0, 0.1) is 6.92 Å². The summed E-state index contributed by atoms with van der Waals surface area (Å²) < 4.78 is 5.66. The van der Waals surface area contributed by atoms with E-state index in [1.54, 1.807) is 31.2 Å². The van der Waals surface area contributed by atoms with Gasteiger partial charge in [0.05, 0.1) is 10.7 Å². The normalized spacial score (nSPS) is 11.8. The van der Waals surface area contributed by atoms with Crippen molar-refractivity contribution in [1.82, 2.24) is 5.32 Å². The Morgan fingerprint density at radius 3 is 2.46 bits per heavy atom. The third-order valence-electron chi connectivity index (χ3n) is 3.58. The SMILES string of the molecule is Cc1cccc(OC(C)C(=O)Nc2cc(C(=O)NC(C)C)ccc2Cl)c1. The van der Waals surface area contributed by atoms with E-state index < -0.39 is 6.10 Å². The molecule has 2 aromatic rings. The first-order valence-corrected chi connectivity index (χ1v) is 8.78. The Balaban J connectivity index is 2.08.